The highest BCUT2D eigenvalue weighted by Gasteiger charge is 2.58. The number of likely N-dealkylation sites (N-methyl/N-ethyl adjacent to an activating group) is 1. The number of hydrogen-bond donors (Lipinski definition) is 2. The summed E-state index contributed by atoms with van der Waals surface area (Å²) in [5, 5.41) is 7.12. The van der Waals surface area contributed by atoms with Crippen LogP contribution in [0.5, 0.6) is 0 Å². The Balaban J connectivity index is 1.86. The van der Waals surface area contributed by atoms with Crippen LogP contribution in [0.25, 0.3) is 0 Å². The number of carbonyl (C=O) groups is 2. The van der Waals surface area contributed by atoms with Crippen LogP contribution in [0.4, 0.5) is 17.1 Å². The summed E-state index contributed by atoms with van der Waals surface area (Å²) >= 11 is 0. The predicted octanol–water partition coefficient (Wildman–Crippen LogP) is 4.66. The molecule has 2 heterocycles. The summed E-state index contributed by atoms with van der Waals surface area (Å²) < 4.78 is 0. The molecular formula is C25H27N3O2. The Bertz CT molecular complexity index is 1160. The number of Topliss-reactive ketones (excluding diaryl/α,β-unsaturated/α-hetero) is 1. The average Bonchev–Trinajstić information content (AvgIpc) is 2.79. The van der Waals surface area contributed by atoms with Gasteiger partial charge in [-0.25, -0.2) is 0 Å². The maximum absolute atomic E-state index is 13.9. The molecule has 1 aliphatic carbocycles. The zero-order valence-corrected chi connectivity index (χ0v) is 18.1. The second-order valence-electron chi connectivity index (χ2n) is 9.66. The van der Waals surface area contributed by atoms with Crippen molar-refractivity contribution in [2.45, 2.75) is 46.1 Å². The molecule has 2 aromatic carbocycles. The van der Waals surface area contributed by atoms with Gasteiger partial charge in [0.25, 0.3) is 5.91 Å². The molecule has 154 valence electrons. The average molecular weight is 402 g/mol. The van der Waals surface area contributed by atoms with Crippen LogP contribution < -0.4 is 15.5 Å². The molecule has 5 rings (SSSR count). The topological polar surface area (TPSA) is 61.4 Å². The van der Waals surface area contributed by atoms with Gasteiger partial charge < -0.3 is 15.5 Å². The van der Waals surface area contributed by atoms with Gasteiger partial charge in [-0.05, 0) is 55.0 Å². The van der Waals surface area contributed by atoms with E-state index in [0.29, 0.717) is 18.4 Å². The van der Waals surface area contributed by atoms with Crippen molar-refractivity contribution >= 4 is 28.8 Å². The van der Waals surface area contributed by atoms with Crippen LogP contribution in [0.1, 0.15) is 43.4 Å². The van der Waals surface area contributed by atoms with E-state index in [0.717, 1.165) is 39.4 Å². The first-order chi connectivity index (χ1) is 14.1. The van der Waals surface area contributed by atoms with Crippen LogP contribution >= 0.6 is 0 Å². The summed E-state index contributed by atoms with van der Waals surface area (Å²) in [6.45, 7) is 8.36. The highest BCUT2D eigenvalue weighted by atomic mass is 16.2. The van der Waals surface area contributed by atoms with Crippen molar-refractivity contribution in [3.63, 3.8) is 0 Å². The zero-order valence-electron chi connectivity index (χ0n) is 18.1. The summed E-state index contributed by atoms with van der Waals surface area (Å²) in [6.07, 6.45) is 1.13. The molecule has 1 spiro atoms. The lowest BCUT2D eigenvalue weighted by molar-refractivity contribution is -0.125. The Hall–Kier alpha value is -3.08. The molecule has 0 aromatic heterocycles. The van der Waals surface area contributed by atoms with Crippen molar-refractivity contribution in [2.75, 3.05) is 22.6 Å². The Kier molecular flexibility index (Phi) is 3.77. The van der Waals surface area contributed by atoms with Gasteiger partial charge in [-0.1, -0.05) is 32.0 Å². The van der Waals surface area contributed by atoms with Crippen molar-refractivity contribution in [3.8, 4) is 0 Å². The van der Waals surface area contributed by atoms with E-state index >= 15 is 0 Å². The highest BCUT2D eigenvalue weighted by molar-refractivity contribution is 6.19. The lowest BCUT2D eigenvalue weighted by atomic mass is 9.69. The van der Waals surface area contributed by atoms with E-state index < -0.39 is 5.54 Å². The molecular weight excluding hydrogens is 374 g/mol. The van der Waals surface area contributed by atoms with Gasteiger partial charge in [-0.2, -0.15) is 0 Å². The molecule has 2 aliphatic heterocycles. The van der Waals surface area contributed by atoms with E-state index in [-0.39, 0.29) is 17.1 Å². The third kappa shape index (κ3) is 2.41. The van der Waals surface area contributed by atoms with Gasteiger partial charge in [0.1, 0.15) is 0 Å². The van der Waals surface area contributed by atoms with Crippen LogP contribution in [0.3, 0.4) is 0 Å². The summed E-state index contributed by atoms with van der Waals surface area (Å²) in [4.78, 5) is 29.1. The number of amides is 1. The van der Waals surface area contributed by atoms with Crippen molar-refractivity contribution in [1.82, 2.24) is 0 Å². The fourth-order valence-electron chi connectivity index (χ4n) is 5.23. The van der Waals surface area contributed by atoms with Crippen molar-refractivity contribution in [1.29, 1.82) is 0 Å². The molecule has 1 amide bonds. The zero-order chi connectivity index (χ0) is 21.4. The fraction of sp³-hybridized carbons (Fsp3) is 0.360. The Morgan fingerprint density at radius 1 is 0.967 bits per heavy atom. The first-order valence-corrected chi connectivity index (χ1v) is 10.4. The number of hydrogen-bond acceptors (Lipinski definition) is 4. The van der Waals surface area contributed by atoms with Crippen molar-refractivity contribution in [3.05, 3.63) is 64.4 Å². The van der Waals surface area contributed by atoms with Gasteiger partial charge in [-0.3, -0.25) is 9.59 Å². The van der Waals surface area contributed by atoms with Crippen molar-refractivity contribution < 1.29 is 9.59 Å². The van der Waals surface area contributed by atoms with E-state index in [2.05, 4.69) is 50.5 Å². The van der Waals surface area contributed by atoms with E-state index in [1.54, 1.807) is 11.9 Å². The van der Waals surface area contributed by atoms with Crippen LogP contribution in [0.2, 0.25) is 0 Å². The molecule has 5 heteroatoms. The number of aryl methyl sites for hydroxylation is 2. The van der Waals surface area contributed by atoms with Crippen LogP contribution in [-0.2, 0) is 15.1 Å². The first-order valence-electron chi connectivity index (χ1n) is 10.4. The minimum atomic E-state index is -1.21. The monoisotopic (exact) mass is 401 g/mol. The number of ketones is 1. The molecule has 5 nitrogen and oxygen atoms in total. The number of para-hydroxylation sites is 1. The molecule has 30 heavy (non-hydrogen) atoms. The normalized spacial score (nSPS) is 24.1. The van der Waals surface area contributed by atoms with Crippen LogP contribution in [0, 0.1) is 19.3 Å². The molecule has 2 aromatic rings. The Morgan fingerprint density at radius 2 is 1.63 bits per heavy atom. The van der Waals surface area contributed by atoms with Gasteiger partial charge in [0.05, 0.1) is 16.9 Å². The summed E-state index contributed by atoms with van der Waals surface area (Å²) in [6, 6.07) is 11.9. The maximum Gasteiger partial charge on any atom is 0.262 e. The highest BCUT2D eigenvalue weighted by Crippen LogP contribution is 2.53. The summed E-state index contributed by atoms with van der Waals surface area (Å²) in [5.74, 6) is -0.0851. The third-order valence-corrected chi connectivity index (χ3v) is 6.79. The molecule has 1 atom stereocenters. The minimum Gasteiger partial charge on any atom is -0.362 e. The lowest BCUT2D eigenvalue weighted by Crippen LogP contribution is -2.50. The summed E-state index contributed by atoms with van der Waals surface area (Å²) in [7, 11) is 1.79. The molecule has 2 N–H and O–H groups in total. The largest absolute Gasteiger partial charge is 0.362 e. The standard InChI is InChI=1S/C25H27N3O2/c1-14-10-17-18(11-15(14)2)27-25(16-8-6-7-9-20(16)28(5)23(25)30)22-19(26-17)12-24(3,4)13-21(22)29/h6-11,26-27H,12-13H2,1-5H3. The number of anilines is 3. The SMILES string of the molecule is Cc1cc2c(cc1C)NC1(C(=O)N(C)c3ccccc31)C1=C(CC(C)(C)CC1=O)N2. The Morgan fingerprint density at radius 3 is 2.37 bits per heavy atom. The predicted molar refractivity (Wildman–Crippen MR) is 120 cm³/mol. The van der Waals surface area contributed by atoms with E-state index in [9.17, 15) is 9.59 Å². The lowest BCUT2D eigenvalue weighted by Gasteiger charge is -2.38. The number of fused-ring (bicyclic) bond motifs is 4. The molecule has 0 fully saturated rings. The number of rotatable bonds is 0. The van der Waals surface area contributed by atoms with Crippen LogP contribution in [-0.4, -0.2) is 18.7 Å². The quantitative estimate of drug-likeness (QED) is 0.674. The number of benzene rings is 2. The number of allylic oxidation sites excluding steroid dienone is 1. The minimum absolute atomic E-state index is 0.0287. The number of carbonyl (C=O) groups excluding carboxylic acids is 2. The third-order valence-electron chi connectivity index (χ3n) is 6.79. The molecule has 3 aliphatic rings. The molecule has 0 radical (unpaired) electrons. The molecule has 1 unspecified atom stereocenters. The van der Waals surface area contributed by atoms with E-state index in [1.165, 1.54) is 0 Å². The van der Waals surface area contributed by atoms with Crippen LogP contribution in [0.15, 0.2) is 47.7 Å². The van der Waals surface area contributed by atoms with Gasteiger partial charge in [0, 0.05) is 30.4 Å². The first kappa shape index (κ1) is 18.9. The van der Waals surface area contributed by atoms with Gasteiger partial charge >= 0.3 is 0 Å². The molecule has 0 saturated heterocycles. The number of nitrogens with zero attached hydrogens (tertiary/aromatic N) is 1. The van der Waals surface area contributed by atoms with Crippen molar-refractivity contribution in [2.24, 2.45) is 5.41 Å². The molecule has 0 saturated carbocycles. The van der Waals surface area contributed by atoms with Gasteiger partial charge in [0.15, 0.2) is 11.3 Å². The molecule has 0 bridgehead atoms. The number of nitrogens with one attached hydrogen (secondary N) is 2. The second-order valence-corrected chi connectivity index (χ2v) is 9.66. The van der Waals surface area contributed by atoms with Gasteiger partial charge in [0.2, 0.25) is 0 Å². The summed E-state index contributed by atoms with van der Waals surface area (Å²) in [5.41, 5.74) is 5.77. The van der Waals surface area contributed by atoms with E-state index in [4.69, 9.17) is 0 Å². The van der Waals surface area contributed by atoms with Gasteiger partial charge in [-0.15, -0.1) is 0 Å². The second kappa shape index (κ2) is 5.97. The smallest absolute Gasteiger partial charge is 0.262 e. The maximum atomic E-state index is 13.9. The van der Waals surface area contributed by atoms with E-state index in [1.807, 2.05) is 24.3 Å². The Labute approximate surface area is 177 Å². The fourth-order valence-corrected chi connectivity index (χ4v) is 5.23.